The Morgan fingerprint density at radius 3 is 2.68 bits per heavy atom. The quantitative estimate of drug-likeness (QED) is 0.473. The first kappa shape index (κ1) is 20.2. The number of anilines is 1. The third kappa shape index (κ3) is 4.00. The van der Waals surface area contributed by atoms with Gasteiger partial charge in [0.2, 0.25) is 0 Å². The van der Waals surface area contributed by atoms with Crippen molar-refractivity contribution < 1.29 is 23.5 Å². The maximum absolute atomic E-state index is 12.7. The summed E-state index contributed by atoms with van der Waals surface area (Å²) in [6, 6.07) is 17.0. The number of amides is 1. The monoisotopic (exact) mass is 419 g/mol. The molecular formula is C23H21N3O5. The summed E-state index contributed by atoms with van der Waals surface area (Å²) < 4.78 is 17.7. The molecule has 1 amide bonds. The van der Waals surface area contributed by atoms with Crippen molar-refractivity contribution in [1.29, 1.82) is 0 Å². The normalized spacial score (nSPS) is 10.8. The molecule has 0 unspecified atom stereocenters. The summed E-state index contributed by atoms with van der Waals surface area (Å²) in [5, 5.41) is 8.93. The molecule has 158 valence electrons. The molecule has 4 rings (SSSR count). The molecule has 0 aliphatic carbocycles. The predicted octanol–water partition coefficient (Wildman–Crippen LogP) is 4.09. The van der Waals surface area contributed by atoms with Crippen molar-refractivity contribution in [2.24, 2.45) is 7.05 Å². The number of nitrogens with one attached hydrogen (secondary N) is 1. The Labute approximate surface area is 178 Å². The van der Waals surface area contributed by atoms with Crippen molar-refractivity contribution in [3.05, 3.63) is 77.5 Å². The van der Waals surface area contributed by atoms with E-state index in [1.54, 1.807) is 26.1 Å². The summed E-state index contributed by atoms with van der Waals surface area (Å²) >= 11 is 0. The lowest BCUT2D eigenvalue weighted by molar-refractivity contribution is 0.0589. The lowest BCUT2D eigenvalue weighted by atomic mass is 10.1. The molecule has 0 spiro atoms. The largest absolute Gasteiger partial charge is 0.485 e. The van der Waals surface area contributed by atoms with Gasteiger partial charge in [0.15, 0.2) is 11.5 Å². The number of nitrogens with zero attached hydrogens (tertiary/aromatic N) is 2. The van der Waals surface area contributed by atoms with E-state index in [2.05, 4.69) is 10.4 Å². The predicted molar refractivity (Wildman–Crippen MR) is 114 cm³/mol. The summed E-state index contributed by atoms with van der Waals surface area (Å²) in [5.74, 6) is 0.221. The maximum atomic E-state index is 12.7. The zero-order chi connectivity index (χ0) is 22.0. The van der Waals surface area contributed by atoms with Crippen LogP contribution in [0.5, 0.6) is 5.75 Å². The number of ether oxygens (including phenoxy) is 2. The van der Waals surface area contributed by atoms with Gasteiger partial charge in [-0.15, -0.1) is 0 Å². The molecule has 0 saturated carbocycles. The SMILES string of the molecule is COC(=O)c1c(NC(=O)c2ccc(COc3cccc4ccccc34)o2)c(C)nn1C. The van der Waals surface area contributed by atoms with Crippen LogP contribution >= 0.6 is 0 Å². The van der Waals surface area contributed by atoms with E-state index in [4.69, 9.17) is 13.9 Å². The Hall–Kier alpha value is -4.07. The van der Waals surface area contributed by atoms with E-state index in [1.807, 2.05) is 42.5 Å². The molecule has 0 bridgehead atoms. The van der Waals surface area contributed by atoms with Crippen molar-refractivity contribution in [2.45, 2.75) is 13.5 Å². The molecule has 0 aliphatic rings. The van der Waals surface area contributed by atoms with Gasteiger partial charge in [-0.25, -0.2) is 4.79 Å². The van der Waals surface area contributed by atoms with Crippen molar-refractivity contribution in [3.8, 4) is 5.75 Å². The standard InChI is InChI=1S/C23H21N3O5/c1-14-20(21(23(28)29-3)26(2)25-14)24-22(27)19-12-11-16(31-19)13-30-18-10-6-8-15-7-4-5-9-17(15)18/h4-12H,13H2,1-3H3,(H,24,27). The smallest absolute Gasteiger partial charge is 0.358 e. The minimum atomic E-state index is -0.595. The van der Waals surface area contributed by atoms with Gasteiger partial charge in [-0.2, -0.15) is 5.10 Å². The zero-order valence-electron chi connectivity index (χ0n) is 17.3. The van der Waals surface area contributed by atoms with Crippen molar-refractivity contribution in [1.82, 2.24) is 9.78 Å². The first-order valence-corrected chi connectivity index (χ1v) is 9.60. The van der Waals surface area contributed by atoms with Crippen molar-refractivity contribution in [3.63, 3.8) is 0 Å². The van der Waals surface area contributed by atoms with Gasteiger partial charge >= 0.3 is 5.97 Å². The molecule has 0 saturated heterocycles. The fourth-order valence-corrected chi connectivity index (χ4v) is 3.36. The van der Waals surface area contributed by atoms with Crippen molar-refractivity contribution in [2.75, 3.05) is 12.4 Å². The van der Waals surface area contributed by atoms with E-state index < -0.39 is 11.9 Å². The molecule has 0 atom stereocenters. The van der Waals surface area contributed by atoms with Crippen LogP contribution in [0, 0.1) is 6.92 Å². The van der Waals surface area contributed by atoms with Crippen LogP contribution in [0.4, 0.5) is 5.69 Å². The first-order chi connectivity index (χ1) is 15.0. The number of fused-ring (bicyclic) bond motifs is 1. The van der Waals surface area contributed by atoms with Crippen LogP contribution in [0.15, 0.2) is 59.0 Å². The Morgan fingerprint density at radius 1 is 1.10 bits per heavy atom. The van der Waals surface area contributed by atoms with Crippen LogP contribution in [0.25, 0.3) is 10.8 Å². The average Bonchev–Trinajstić information content (AvgIpc) is 3.36. The lowest BCUT2D eigenvalue weighted by Gasteiger charge is -2.08. The lowest BCUT2D eigenvalue weighted by Crippen LogP contribution is -2.16. The fourth-order valence-electron chi connectivity index (χ4n) is 3.36. The van der Waals surface area contributed by atoms with Crippen LogP contribution in [0.2, 0.25) is 0 Å². The van der Waals surface area contributed by atoms with E-state index in [0.717, 1.165) is 16.5 Å². The molecule has 2 heterocycles. The van der Waals surface area contributed by atoms with Crippen LogP contribution < -0.4 is 10.1 Å². The molecule has 8 heteroatoms. The Kier molecular flexibility index (Phi) is 5.44. The van der Waals surface area contributed by atoms with Crippen LogP contribution in [0.1, 0.15) is 32.5 Å². The summed E-state index contributed by atoms with van der Waals surface area (Å²) in [6.45, 7) is 1.86. The molecule has 0 aliphatic heterocycles. The number of hydrogen-bond acceptors (Lipinski definition) is 6. The number of aromatic nitrogens is 2. The van der Waals surface area contributed by atoms with E-state index in [9.17, 15) is 9.59 Å². The summed E-state index contributed by atoms with van der Waals surface area (Å²) in [6.07, 6.45) is 0. The zero-order valence-corrected chi connectivity index (χ0v) is 17.3. The van der Waals surface area contributed by atoms with Crippen LogP contribution in [-0.4, -0.2) is 28.8 Å². The number of esters is 1. The van der Waals surface area contributed by atoms with Gasteiger partial charge in [0.25, 0.3) is 5.91 Å². The number of methoxy groups -OCH3 is 1. The second kappa shape index (κ2) is 8.35. The number of furan rings is 1. The second-order valence-corrected chi connectivity index (χ2v) is 6.91. The molecule has 2 aromatic heterocycles. The Balaban J connectivity index is 1.48. The van der Waals surface area contributed by atoms with Crippen LogP contribution in [0.3, 0.4) is 0 Å². The first-order valence-electron chi connectivity index (χ1n) is 9.60. The van der Waals surface area contributed by atoms with E-state index in [0.29, 0.717) is 11.5 Å². The third-order valence-corrected chi connectivity index (χ3v) is 4.84. The molecule has 0 fully saturated rings. The fraction of sp³-hybridized carbons (Fsp3) is 0.174. The average molecular weight is 419 g/mol. The van der Waals surface area contributed by atoms with Gasteiger partial charge < -0.3 is 19.2 Å². The van der Waals surface area contributed by atoms with E-state index >= 15 is 0 Å². The van der Waals surface area contributed by atoms with E-state index in [1.165, 1.54) is 11.8 Å². The Morgan fingerprint density at radius 2 is 1.87 bits per heavy atom. The minimum Gasteiger partial charge on any atom is -0.485 e. The van der Waals surface area contributed by atoms with Gasteiger partial charge in [0.05, 0.1) is 18.5 Å². The van der Waals surface area contributed by atoms with Gasteiger partial charge in [0.1, 0.15) is 18.1 Å². The highest BCUT2D eigenvalue weighted by molar-refractivity contribution is 6.06. The number of aryl methyl sites for hydroxylation is 2. The number of hydrogen-bond donors (Lipinski definition) is 1. The molecular weight excluding hydrogens is 398 g/mol. The highest BCUT2D eigenvalue weighted by atomic mass is 16.5. The minimum absolute atomic E-state index is 0.0931. The van der Waals surface area contributed by atoms with Crippen molar-refractivity contribution >= 4 is 28.3 Å². The van der Waals surface area contributed by atoms with Gasteiger partial charge in [0, 0.05) is 12.4 Å². The Bertz CT molecular complexity index is 1270. The highest BCUT2D eigenvalue weighted by Gasteiger charge is 2.24. The molecule has 8 nitrogen and oxygen atoms in total. The van der Waals surface area contributed by atoms with Gasteiger partial charge in [-0.3, -0.25) is 9.48 Å². The highest BCUT2D eigenvalue weighted by Crippen LogP contribution is 2.26. The number of rotatable bonds is 6. The molecule has 4 aromatic rings. The number of benzene rings is 2. The third-order valence-electron chi connectivity index (χ3n) is 4.84. The molecule has 1 N–H and O–H groups in total. The molecule has 31 heavy (non-hydrogen) atoms. The van der Waals surface area contributed by atoms with Gasteiger partial charge in [-0.1, -0.05) is 36.4 Å². The maximum Gasteiger partial charge on any atom is 0.358 e. The number of carbonyl (C=O) groups excluding carboxylic acids is 2. The topological polar surface area (TPSA) is 95.6 Å². The molecule has 2 aromatic carbocycles. The molecule has 0 radical (unpaired) electrons. The summed E-state index contributed by atoms with van der Waals surface area (Å²) in [7, 11) is 2.87. The summed E-state index contributed by atoms with van der Waals surface area (Å²) in [4.78, 5) is 24.7. The van der Waals surface area contributed by atoms with Crippen LogP contribution in [-0.2, 0) is 18.4 Å². The second-order valence-electron chi connectivity index (χ2n) is 6.91. The number of carbonyl (C=O) groups is 2. The summed E-state index contributed by atoms with van der Waals surface area (Å²) in [5.41, 5.74) is 0.922. The van der Waals surface area contributed by atoms with Gasteiger partial charge in [-0.05, 0) is 30.5 Å². The van der Waals surface area contributed by atoms with E-state index in [-0.39, 0.29) is 23.7 Å².